The molecule has 1 aliphatic carbocycles. The van der Waals surface area contributed by atoms with E-state index in [1.54, 1.807) is 0 Å². The zero-order valence-electron chi connectivity index (χ0n) is 11.8. The molecule has 0 bridgehead atoms. The number of benzene rings is 1. The van der Waals surface area contributed by atoms with Gasteiger partial charge in [-0.2, -0.15) is 0 Å². The Morgan fingerprint density at radius 2 is 1.94 bits per heavy atom. The lowest BCUT2D eigenvalue weighted by molar-refractivity contribution is 0.0838. The molecule has 0 amide bonds. The average molecular weight is 244 g/mol. The maximum Gasteiger partial charge on any atom is 0.165 e. The van der Waals surface area contributed by atoms with Crippen molar-refractivity contribution in [2.24, 2.45) is 11.3 Å². The quantitative estimate of drug-likeness (QED) is 0.707. The highest BCUT2D eigenvalue weighted by Gasteiger charge is 2.30. The van der Waals surface area contributed by atoms with Gasteiger partial charge in [0.05, 0.1) is 0 Å². The predicted octanol–water partition coefficient (Wildman–Crippen LogP) is 4.65. The van der Waals surface area contributed by atoms with Gasteiger partial charge in [0.15, 0.2) is 5.78 Å². The van der Waals surface area contributed by atoms with Crippen molar-refractivity contribution in [2.45, 2.75) is 52.9 Å². The minimum absolute atomic E-state index is 0.255. The summed E-state index contributed by atoms with van der Waals surface area (Å²) in [6.07, 6.45) is 5.47. The summed E-state index contributed by atoms with van der Waals surface area (Å²) in [4.78, 5) is 12.5. The van der Waals surface area contributed by atoms with Crippen molar-refractivity contribution in [1.29, 1.82) is 0 Å². The number of hydrogen-bond acceptors (Lipinski definition) is 1. The van der Waals surface area contributed by atoms with Gasteiger partial charge in [0.2, 0.25) is 0 Å². The van der Waals surface area contributed by atoms with Crippen LogP contribution in [0.2, 0.25) is 0 Å². The Balaban J connectivity index is 2.07. The highest BCUT2D eigenvalue weighted by molar-refractivity contribution is 5.98. The molecule has 0 saturated heterocycles. The summed E-state index contributed by atoms with van der Waals surface area (Å²) in [5.41, 5.74) is 2.61. The van der Waals surface area contributed by atoms with E-state index < -0.39 is 0 Å². The van der Waals surface area contributed by atoms with Crippen molar-refractivity contribution in [2.75, 3.05) is 0 Å². The van der Waals surface area contributed by atoms with Gasteiger partial charge in [-0.3, -0.25) is 4.79 Å². The van der Waals surface area contributed by atoms with Crippen molar-refractivity contribution in [3.8, 4) is 0 Å². The van der Waals surface area contributed by atoms with Gasteiger partial charge in [0.25, 0.3) is 0 Å². The van der Waals surface area contributed by atoms with Crippen LogP contribution in [0.5, 0.6) is 0 Å². The number of rotatable bonds is 3. The number of carbonyl (C=O) groups is 1. The Labute approximate surface area is 111 Å². The fourth-order valence-electron chi connectivity index (χ4n) is 2.84. The third-order valence-corrected chi connectivity index (χ3v) is 4.33. The molecule has 1 aromatic carbocycles. The lowest BCUT2D eigenvalue weighted by Crippen LogP contribution is -2.26. The minimum Gasteiger partial charge on any atom is -0.294 e. The van der Waals surface area contributed by atoms with Crippen LogP contribution >= 0.6 is 0 Å². The number of ketones is 1. The van der Waals surface area contributed by atoms with E-state index in [1.165, 1.54) is 18.4 Å². The van der Waals surface area contributed by atoms with Crippen molar-refractivity contribution >= 4 is 5.78 Å². The van der Waals surface area contributed by atoms with Gasteiger partial charge in [0, 0.05) is 11.5 Å². The van der Waals surface area contributed by atoms with Crippen LogP contribution in [-0.2, 0) is 6.42 Å². The summed E-state index contributed by atoms with van der Waals surface area (Å²) in [5.74, 6) is 0.617. The molecule has 0 radical (unpaired) electrons. The molecule has 1 heteroatoms. The van der Waals surface area contributed by atoms with Crippen LogP contribution in [0.25, 0.3) is 0 Å². The number of carbonyl (C=O) groups excluding carboxylic acids is 1. The molecule has 0 heterocycles. The van der Waals surface area contributed by atoms with E-state index in [0.717, 1.165) is 24.8 Å². The first-order valence-electron chi connectivity index (χ1n) is 7.15. The molecule has 0 aromatic heterocycles. The van der Waals surface area contributed by atoms with Crippen molar-refractivity contribution < 1.29 is 4.79 Å². The van der Waals surface area contributed by atoms with E-state index in [2.05, 4.69) is 32.9 Å². The van der Waals surface area contributed by atoms with E-state index in [0.29, 0.717) is 11.2 Å². The second-order valence-electron chi connectivity index (χ2n) is 6.36. The van der Waals surface area contributed by atoms with Crippen molar-refractivity contribution in [1.82, 2.24) is 0 Å². The van der Waals surface area contributed by atoms with E-state index in [9.17, 15) is 4.79 Å². The SMILES string of the molecule is CCc1cccc(C(=O)C2CCC(C)(C)CC2)c1. The number of aryl methyl sites for hydroxylation is 1. The van der Waals surface area contributed by atoms with Crippen LogP contribution in [0.1, 0.15) is 62.4 Å². The Kier molecular flexibility index (Phi) is 3.89. The second kappa shape index (κ2) is 5.26. The normalized spacial score (nSPS) is 19.7. The fraction of sp³-hybridized carbons (Fsp3) is 0.588. The third kappa shape index (κ3) is 3.01. The molecule has 18 heavy (non-hydrogen) atoms. The van der Waals surface area contributed by atoms with E-state index in [4.69, 9.17) is 0 Å². The molecular weight excluding hydrogens is 220 g/mol. The zero-order valence-corrected chi connectivity index (χ0v) is 11.8. The second-order valence-corrected chi connectivity index (χ2v) is 6.36. The summed E-state index contributed by atoms with van der Waals surface area (Å²) < 4.78 is 0. The average Bonchev–Trinajstić information content (AvgIpc) is 2.38. The van der Waals surface area contributed by atoms with Gasteiger partial charge in [-0.1, -0.05) is 39.0 Å². The number of hydrogen-bond donors (Lipinski definition) is 0. The maximum absolute atomic E-state index is 12.5. The highest BCUT2D eigenvalue weighted by atomic mass is 16.1. The smallest absolute Gasteiger partial charge is 0.165 e. The molecular formula is C17H24O. The van der Waals surface area contributed by atoms with E-state index in [1.807, 2.05) is 12.1 Å². The molecule has 0 atom stereocenters. The molecule has 1 aromatic rings. The predicted molar refractivity (Wildman–Crippen MR) is 75.9 cm³/mol. The van der Waals surface area contributed by atoms with E-state index >= 15 is 0 Å². The molecule has 1 saturated carbocycles. The molecule has 0 aliphatic heterocycles. The highest BCUT2D eigenvalue weighted by Crippen LogP contribution is 2.39. The molecule has 0 N–H and O–H groups in total. The largest absolute Gasteiger partial charge is 0.294 e. The van der Waals surface area contributed by atoms with Crippen LogP contribution in [0.3, 0.4) is 0 Å². The molecule has 1 fully saturated rings. The third-order valence-electron chi connectivity index (χ3n) is 4.33. The lowest BCUT2D eigenvalue weighted by Gasteiger charge is -2.33. The summed E-state index contributed by atoms with van der Waals surface area (Å²) in [6, 6.07) is 8.16. The summed E-state index contributed by atoms with van der Waals surface area (Å²) in [5, 5.41) is 0. The van der Waals surface area contributed by atoms with Crippen LogP contribution in [-0.4, -0.2) is 5.78 Å². The maximum atomic E-state index is 12.5. The molecule has 0 spiro atoms. The van der Waals surface area contributed by atoms with Crippen LogP contribution in [0.15, 0.2) is 24.3 Å². The van der Waals surface area contributed by atoms with Crippen molar-refractivity contribution in [3.05, 3.63) is 35.4 Å². The van der Waals surface area contributed by atoms with Gasteiger partial charge in [-0.15, -0.1) is 0 Å². The Morgan fingerprint density at radius 1 is 1.28 bits per heavy atom. The summed E-state index contributed by atoms with van der Waals surface area (Å²) >= 11 is 0. The van der Waals surface area contributed by atoms with Gasteiger partial charge in [-0.05, 0) is 49.1 Å². The molecule has 98 valence electrons. The Morgan fingerprint density at radius 3 is 2.56 bits per heavy atom. The van der Waals surface area contributed by atoms with Crippen LogP contribution in [0.4, 0.5) is 0 Å². The molecule has 2 rings (SSSR count). The monoisotopic (exact) mass is 244 g/mol. The number of Topliss-reactive ketones (excluding diaryl/α,β-unsaturated/α-hetero) is 1. The van der Waals surface area contributed by atoms with Crippen LogP contribution in [0, 0.1) is 11.3 Å². The van der Waals surface area contributed by atoms with E-state index in [-0.39, 0.29) is 5.92 Å². The first kappa shape index (κ1) is 13.3. The molecule has 1 aliphatic rings. The van der Waals surface area contributed by atoms with Gasteiger partial charge >= 0.3 is 0 Å². The fourth-order valence-corrected chi connectivity index (χ4v) is 2.84. The Bertz CT molecular complexity index is 421. The summed E-state index contributed by atoms with van der Waals surface area (Å²) in [7, 11) is 0. The van der Waals surface area contributed by atoms with Crippen molar-refractivity contribution in [3.63, 3.8) is 0 Å². The van der Waals surface area contributed by atoms with Gasteiger partial charge in [-0.25, -0.2) is 0 Å². The first-order chi connectivity index (χ1) is 8.52. The lowest BCUT2D eigenvalue weighted by atomic mass is 9.71. The zero-order chi connectivity index (χ0) is 13.2. The van der Waals surface area contributed by atoms with Gasteiger partial charge < -0.3 is 0 Å². The topological polar surface area (TPSA) is 17.1 Å². The standard InChI is InChI=1S/C17H24O/c1-4-13-6-5-7-15(12-13)16(18)14-8-10-17(2,3)11-9-14/h5-7,12,14H,4,8-11H2,1-3H3. The first-order valence-corrected chi connectivity index (χ1v) is 7.15. The minimum atomic E-state index is 0.255. The van der Waals surface area contributed by atoms with Gasteiger partial charge in [0.1, 0.15) is 0 Å². The van der Waals surface area contributed by atoms with Crippen LogP contribution < -0.4 is 0 Å². The molecule has 1 nitrogen and oxygen atoms in total. The summed E-state index contributed by atoms with van der Waals surface area (Å²) in [6.45, 7) is 6.75. The molecule has 0 unspecified atom stereocenters. The Hall–Kier alpha value is -1.11.